The summed E-state index contributed by atoms with van der Waals surface area (Å²) < 4.78 is 10.7. The minimum absolute atomic E-state index is 0.0748. The number of aromatic hydroxyl groups is 1. The number of carbonyl (C=O) groups is 2. The van der Waals surface area contributed by atoms with Crippen molar-refractivity contribution in [3.05, 3.63) is 88.5 Å². The Kier molecular flexibility index (Phi) is 6.03. The molecule has 1 aliphatic rings. The van der Waals surface area contributed by atoms with Crippen molar-refractivity contribution in [2.24, 2.45) is 0 Å². The van der Waals surface area contributed by atoms with E-state index in [0.717, 1.165) is 5.56 Å². The van der Waals surface area contributed by atoms with Crippen LogP contribution in [0.5, 0.6) is 17.2 Å². The molecule has 174 valence electrons. The molecule has 1 amide bonds. The molecular formula is C27H25NO6. The lowest BCUT2D eigenvalue weighted by Crippen LogP contribution is -2.29. The number of ether oxygens (including phenoxy) is 2. The highest BCUT2D eigenvalue weighted by Crippen LogP contribution is 2.45. The Bertz CT molecular complexity index is 1330. The second kappa shape index (κ2) is 8.94. The SMILES string of the molecule is COc1cccc(C2/C(=C(\O)c3cc(C)c(OC)cc3C)C(=O)C(=O)N2c2ccccc2O)c1. The third kappa shape index (κ3) is 3.75. The number of nitrogens with zero attached hydrogens (tertiary/aromatic N) is 1. The lowest BCUT2D eigenvalue weighted by molar-refractivity contribution is -0.132. The molecule has 7 heteroatoms. The first-order chi connectivity index (χ1) is 16.3. The maximum Gasteiger partial charge on any atom is 0.300 e. The molecule has 7 nitrogen and oxygen atoms in total. The van der Waals surface area contributed by atoms with Gasteiger partial charge in [-0.1, -0.05) is 24.3 Å². The molecule has 0 aromatic heterocycles. The van der Waals surface area contributed by atoms with Crippen molar-refractivity contribution < 1.29 is 29.3 Å². The number of methoxy groups -OCH3 is 2. The van der Waals surface area contributed by atoms with Gasteiger partial charge in [-0.05, 0) is 66.9 Å². The monoisotopic (exact) mass is 459 g/mol. The van der Waals surface area contributed by atoms with Gasteiger partial charge in [0, 0.05) is 5.56 Å². The number of benzene rings is 3. The maximum absolute atomic E-state index is 13.3. The van der Waals surface area contributed by atoms with Gasteiger partial charge in [0.1, 0.15) is 23.0 Å². The number of aryl methyl sites for hydroxylation is 2. The van der Waals surface area contributed by atoms with Gasteiger partial charge >= 0.3 is 0 Å². The zero-order valence-electron chi connectivity index (χ0n) is 19.3. The fourth-order valence-corrected chi connectivity index (χ4v) is 4.29. The van der Waals surface area contributed by atoms with Gasteiger partial charge in [-0.15, -0.1) is 0 Å². The van der Waals surface area contributed by atoms with Crippen LogP contribution < -0.4 is 14.4 Å². The van der Waals surface area contributed by atoms with Crippen LogP contribution in [0.25, 0.3) is 5.76 Å². The Morgan fingerprint density at radius 1 is 0.912 bits per heavy atom. The summed E-state index contributed by atoms with van der Waals surface area (Å²) in [4.78, 5) is 27.8. The molecule has 0 aliphatic carbocycles. The van der Waals surface area contributed by atoms with E-state index in [1.54, 1.807) is 68.6 Å². The molecule has 0 saturated carbocycles. The molecule has 1 unspecified atom stereocenters. The van der Waals surface area contributed by atoms with Crippen molar-refractivity contribution in [1.82, 2.24) is 0 Å². The van der Waals surface area contributed by atoms with E-state index in [1.807, 2.05) is 6.92 Å². The maximum atomic E-state index is 13.3. The first-order valence-corrected chi connectivity index (χ1v) is 10.7. The van der Waals surface area contributed by atoms with Crippen molar-refractivity contribution in [3.8, 4) is 17.2 Å². The molecule has 1 heterocycles. The number of phenolic OH excluding ortho intramolecular Hbond substituents is 1. The predicted molar refractivity (Wildman–Crippen MR) is 128 cm³/mol. The smallest absolute Gasteiger partial charge is 0.300 e. The number of amides is 1. The average molecular weight is 459 g/mol. The topological polar surface area (TPSA) is 96.3 Å². The summed E-state index contributed by atoms with van der Waals surface area (Å²) in [5, 5.41) is 21.9. The van der Waals surface area contributed by atoms with E-state index in [9.17, 15) is 19.8 Å². The molecule has 3 aromatic carbocycles. The number of phenols is 1. The Morgan fingerprint density at radius 3 is 2.32 bits per heavy atom. The van der Waals surface area contributed by atoms with Crippen LogP contribution >= 0.6 is 0 Å². The summed E-state index contributed by atoms with van der Waals surface area (Å²) in [5.74, 6) is -0.980. The first-order valence-electron chi connectivity index (χ1n) is 10.7. The normalized spacial score (nSPS) is 17.2. The summed E-state index contributed by atoms with van der Waals surface area (Å²) in [5.41, 5.74) is 2.50. The predicted octanol–water partition coefficient (Wildman–Crippen LogP) is 4.65. The molecule has 2 N–H and O–H groups in total. The molecule has 1 aliphatic heterocycles. The number of Topliss-reactive ketones (excluding diaryl/α,β-unsaturated/α-hetero) is 1. The van der Waals surface area contributed by atoms with Gasteiger partial charge in [0.25, 0.3) is 11.7 Å². The van der Waals surface area contributed by atoms with Crippen LogP contribution in [0.4, 0.5) is 5.69 Å². The first kappa shape index (κ1) is 22.9. The number of hydrogen-bond donors (Lipinski definition) is 2. The van der Waals surface area contributed by atoms with Crippen molar-refractivity contribution in [2.45, 2.75) is 19.9 Å². The molecule has 0 radical (unpaired) electrons. The number of ketones is 1. The highest BCUT2D eigenvalue weighted by Gasteiger charge is 2.47. The van der Waals surface area contributed by atoms with Crippen LogP contribution in [0.3, 0.4) is 0 Å². The zero-order valence-corrected chi connectivity index (χ0v) is 19.3. The lowest BCUT2D eigenvalue weighted by Gasteiger charge is -2.26. The van der Waals surface area contributed by atoms with E-state index < -0.39 is 17.7 Å². The quantitative estimate of drug-likeness (QED) is 0.328. The van der Waals surface area contributed by atoms with Gasteiger partial charge in [-0.2, -0.15) is 0 Å². The Balaban J connectivity index is 2.00. The number of aliphatic hydroxyl groups excluding tert-OH is 1. The summed E-state index contributed by atoms with van der Waals surface area (Å²) in [6.07, 6.45) is 0. The number of aliphatic hydroxyl groups is 1. The number of para-hydroxylation sites is 2. The summed E-state index contributed by atoms with van der Waals surface area (Å²) in [7, 11) is 3.07. The fourth-order valence-electron chi connectivity index (χ4n) is 4.29. The van der Waals surface area contributed by atoms with Gasteiger partial charge in [-0.25, -0.2) is 0 Å². The van der Waals surface area contributed by atoms with Crippen LogP contribution in [0, 0.1) is 13.8 Å². The average Bonchev–Trinajstić information content (AvgIpc) is 3.10. The standard InChI is InChI=1S/C27H25NO6/c1-15-13-22(34-4)16(2)12-19(15)25(30)23-24(17-8-7-9-18(14-17)33-3)28(27(32)26(23)31)20-10-5-6-11-21(20)29/h5-14,24,29-30H,1-4H3/b25-23+. The zero-order chi connectivity index (χ0) is 24.6. The molecule has 1 fully saturated rings. The second-order valence-electron chi connectivity index (χ2n) is 8.07. The summed E-state index contributed by atoms with van der Waals surface area (Å²) >= 11 is 0. The van der Waals surface area contributed by atoms with Gasteiger partial charge in [0.05, 0.1) is 31.5 Å². The molecule has 34 heavy (non-hydrogen) atoms. The molecular weight excluding hydrogens is 434 g/mol. The van der Waals surface area contributed by atoms with E-state index >= 15 is 0 Å². The van der Waals surface area contributed by atoms with Crippen molar-refractivity contribution >= 4 is 23.1 Å². The summed E-state index contributed by atoms with van der Waals surface area (Å²) in [6.45, 7) is 3.62. The lowest BCUT2D eigenvalue weighted by atomic mass is 9.93. The Morgan fingerprint density at radius 2 is 1.65 bits per heavy atom. The third-order valence-electron chi connectivity index (χ3n) is 5.99. The van der Waals surface area contributed by atoms with E-state index in [4.69, 9.17) is 9.47 Å². The highest BCUT2D eigenvalue weighted by molar-refractivity contribution is 6.52. The summed E-state index contributed by atoms with van der Waals surface area (Å²) in [6, 6.07) is 15.7. The Labute approximate surface area is 197 Å². The number of rotatable bonds is 5. The van der Waals surface area contributed by atoms with Crippen LogP contribution in [0.15, 0.2) is 66.2 Å². The van der Waals surface area contributed by atoms with E-state index in [0.29, 0.717) is 28.2 Å². The number of carbonyl (C=O) groups excluding carboxylic acids is 2. The fraction of sp³-hybridized carbons (Fsp3) is 0.185. The van der Waals surface area contributed by atoms with Crippen molar-refractivity contribution in [3.63, 3.8) is 0 Å². The molecule has 4 rings (SSSR count). The van der Waals surface area contributed by atoms with Crippen molar-refractivity contribution in [2.75, 3.05) is 19.1 Å². The minimum Gasteiger partial charge on any atom is -0.507 e. The molecule has 3 aromatic rings. The largest absolute Gasteiger partial charge is 0.507 e. The van der Waals surface area contributed by atoms with Gasteiger partial charge in [0.15, 0.2) is 0 Å². The third-order valence-corrected chi connectivity index (χ3v) is 5.99. The molecule has 0 spiro atoms. The number of anilines is 1. The van der Waals surface area contributed by atoms with E-state index in [2.05, 4.69) is 0 Å². The number of hydrogen-bond acceptors (Lipinski definition) is 6. The van der Waals surface area contributed by atoms with E-state index in [1.165, 1.54) is 18.1 Å². The van der Waals surface area contributed by atoms with E-state index in [-0.39, 0.29) is 22.8 Å². The second-order valence-corrected chi connectivity index (χ2v) is 8.07. The van der Waals surface area contributed by atoms with Crippen LogP contribution in [0.2, 0.25) is 0 Å². The highest BCUT2D eigenvalue weighted by atomic mass is 16.5. The minimum atomic E-state index is -0.981. The van der Waals surface area contributed by atoms with Gasteiger partial charge in [0.2, 0.25) is 0 Å². The van der Waals surface area contributed by atoms with Gasteiger partial charge in [-0.3, -0.25) is 14.5 Å². The molecule has 1 saturated heterocycles. The molecule has 0 bridgehead atoms. The van der Waals surface area contributed by atoms with Gasteiger partial charge < -0.3 is 19.7 Å². The Hall–Kier alpha value is -4.26. The van der Waals surface area contributed by atoms with Crippen molar-refractivity contribution in [1.29, 1.82) is 0 Å². The van der Waals surface area contributed by atoms with Crippen LogP contribution in [-0.2, 0) is 9.59 Å². The van der Waals surface area contributed by atoms with Crippen LogP contribution in [0.1, 0.15) is 28.3 Å². The molecule has 1 atom stereocenters. The van der Waals surface area contributed by atoms with Crippen LogP contribution in [-0.4, -0.2) is 36.1 Å².